The monoisotopic (exact) mass is 426 g/mol. The van der Waals surface area contributed by atoms with Crippen LogP contribution in [0.25, 0.3) is 0 Å². The summed E-state index contributed by atoms with van der Waals surface area (Å²) in [6.07, 6.45) is -0.0394. The molecule has 0 radical (unpaired) electrons. The first kappa shape index (κ1) is 19.4. The molecule has 1 amide bonds. The molecular formula is C17H19BrN2O4S. The molecule has 0 saturated carbocycles. The summed E-state index contributed by atoms with van der Waals surface area (Å²) in [5, 5.41) is 0. The molecule has 0 aromatic heterocycles. The minimum Gasteiger partial charge on any atom is -0.493 e. The summed E-state index contributed by atoms with van der Waals surface area (Å²) in [6, 6.07) is 11.4. The van der Waals surface area contributed by atoms with Crippen LogP contribution in [0.3, 0.4) is 0 Å². The zero-order valence-electron chi connectivity index (χ0n) is 13.7. The van der Waals surface area contributed by atoms with Crippen molar-refractivity contribution in [2.75, 3.05) is 6.61 Å². The Morgan fingerprint density at radius 2 is 1.80 bits per heavy atom. The van der Waals surface area contributed by atoms with Gasteiger partial charge in [-0.3, -0.25) is 4.79 Å². The second kappa shape index (κ2) is 8.46. The molecule has 0 atom stereocenters. The van der Waals surface area contributed by atoms with Crippen LogP contribution in [-0.4, -0.2) is 20.9 Å². The topological polar surface area (TPSA) is 98.5 Å². The maximum Gasteiger partial charge on any atom is 0.264 e. The number of rotatable bonds is 7. The first-order valence-corrected chi connectivity index (χ1v) is 9.89. The number of nitrogens with two attached hydrogens (primary N) is 1. The van der Waals surface area contributed by atoms with Crippen LogP contribution in [0.5, 0.6) is 5.75 Å². The number of halogens is 1. The van der Waals surface area contributed by atoms with Crippen molar-refractivity contribution < 1.29 is 17.9 Å². The van der Waals surface area contributed by atoms with Gasteiger partial charge >= 0.3 is 0 Å². The van der Waals surface area contributed by atoms with Gasteiger partial charge in [0.25, 0.3) is 10.0 Å². The van der Waals surface area contributed by atoms with Crippen molar-refractivity contribution in [1.82, 2.24) is 4.72 Å². The Balaban J connectivity index is 2.09. The molecule has 0 spiro atoms. The van der Waals surface area contributed by atoms with Crippen molar-refractivity contribution >= 4 is 31.9 Å². The highest BCUT2D eigenvalue weighted by molar-refractivity contribution is 9.10. The van der Waals surface area contributed by atoms with E-state index >= 15 is 0 Å². The Bertz CT molecular complexity index is 851. The molecule has 0 saturated heterocycles. The van der Waals surface area contributed by atoms with Crippen LogP contribution in [0.15, 0.2) is 51.8 Å². The Kier molecular flexibility index (Phi) is 6.57. The van der Waals surface area contributed by atoms with Gasteiger partial charge in [-0.2, -0.15) is 0 Å². The Hall–Kier alpha value is -1.90. The molecule has 6 nitrogen and oxygen atoms in total. The van der Waals surface area contributed by atoms with Gasteiger partial charge in [0.05, 0.1) is 22.4 Å². The first-order chi connectivity index (χ1) is 11.9. The third-order valence-corrected chi connectivity index (χ3v) is 5.38. The van der Waals surface area contributed by atoms with Crippen LogP contribution in [0.2, 0.25) is 0 Å². The Labute approximate surface area is 155 Å². The van der Waals surface area contributed by atoms with Gasteiger partial charge in [-0.05, 0) is 52.2 Å². The zero-order valence-corrected chi connectivity index (χ0v) is 16.1. The van der Waals surface area contributed by atoms with Crippen LogP contribution in [0, 0.1) is 0 Å². The highest BCUT2D eigenvalue weighted by Crippen LogP contribution is 2.27. The van der Waals surface area contributed by atoms with E-state index in [1.54, 1.807) is 24.3 Å². The van der Waals surface area contributed by atoms with E-state index in [1.165, 1.54) is 18.2 Å². The molecule has 0 unspecified atom stereocenters. The number of benzene rings is 2. The summed E-state index contributed by atoms with van der Waals surface area (Å²) in [4.78, 5) is 12.0. The van der Waals surface area contributed by atoms with E-state index in [0.29, 0.717) is 28.9 Å². The zero-order chi connectivity index (χ0) is 18.4. The van der Waals surface area contributed by atoms with Crippen molar-refractivity contribution in [3.8, 4) is 5.75 Å². The summed E-state index contributed by atoms with van der Waals surface area (Å²) in [7, 11) is -3.95. The quantitative estimate of drug-likeness (QED) is 0.707. The van der Waals surface area contributed by atoms with E-state index in [0.717, 1.165) is 5.56 Å². The van der Waals surface area contributed by atoms with Gasteiger partial charge in [-0.1, -0.05) is 24.3 Å². The van der Waals surface area contributed by atoms with Crippen molar-refractivity contribution in [2.45, 2.75) is 24.8 Å². The van der Waals surface area contributed by atoms with E-state index in [4.69, 9.17) is 10.5 Å². The van der Waals surface area contributed by atoms with E-state index < -0.39 is 15.9 Å². The Morgan fingerprint density at radius 1 is 1.16 bits per heavy atom. The van der Waals surface area contributed by atoms with Crippen molar-refractivity contribution in [3.63, 3.8) is 0 Å². The summed E-state index contributed by atoms with van der Waals surface area (Å²) in [5.41, 5.74) is 7.17. The van der Waals surface area contributed by atoms with Crippen molar-refractivity contribution in [3.05, 3.63) is 58.1 Å². The van der Waals surface area contributed by atoms with Crippen LogP contribution in [-0.2, 0) is 27.8 Å². The first-order valence-electron chi connectivity index (χ1n) is 7.61. The number of sulfonamides is 1. The highest BCUT2D eigenvalue weighted by Gasteiger charge is 2.19. The minimum absolute atomic E-state index is 0.0188. The second-order valence-electron chi connectivity index (χ2n) is 5.25. The number of hydrogen-bond donors (Lipinski definition) is 2. The van der Waals surface area contributed by atoms with Gasteiger partial charge in [0, 0.05) is 6.54 Å². The summed E-state index contributed by atoms with van der Waals surface area (Å²) >= 11 is 3.26. The van der Waals surface area contributed by atoms with E-state index in [9.17, 15) is 13.2 Å². The molecule has 2 aromatic carbocycles. The van der Waals surface area contributed by atoms with Gasteiger partial charge < -0.3 is 10.5 Å². The molecule has 25 heavy (non-hydrogen) atoms. The summed E-state index contributed by atoms with van der Waals surface area (Å²) in [5.74, 6) is -0.0710. The predicted molar refractivity (Wildman–Crippen MR) is 98.7 cm³/mol. The van der Waals surface area contributed by atoms with Crippen LogP contribution in [0.1, 0.15) is 18.1 Å². The van der Waals surface area contributed by atoms with Crippen molar-refractivity contribution in [2.24, 2.45) is 5.73 Å². The number of amides is 1. The van der Waals surface area contributed by atoms with Crippen LogP contribution < -0.4 is 15.2 Å². The fourth-order valence-electron chi connectivity index (χ4n) is 2.14. The van der Waals surface area contributed by atoms with Crippen LogP contribution in [0.4, 0.5) is 0 Å². The predicted octanol–water partition coefficient (Wildman–Crippen LogP) is 2.35. The summed E-state index contributed by atoms with van der Waals surface area (Å²) < 4.78 is 32.6. The maximum atomic E-state index is 12.3. The average Bonchev–Trinajstić information content (AvgIpc) is 2.57. The molecule has 0 heterocycles. The standard InChI is InChI=1S/C17H19BrN2O4S/c1-2-24-16-8-7-14(10-15(16)18)25(22,23)20-17(21)9-12-3-5-13(11-19)6-4-12/h3-8,10H,2,9,11,19H2,1H3,(H,20,21). The molecule has 2 rings (SSSR count). The number of carbonyl (C=O) groups excluding carboxylic acids is 1. The number of nitrogens with one attached hydrogen (secondary N) is 1. The lowest BCUT2D eigenvalue weighted by molar-refractivity contribution is -0.118. The lowest BCUT2D eigenvalue weighted by Gasteiger charge is -2.10. The molecule has 0 aliphatic rings. The van der Waals surface area contributed by atoms with E-state index in [1.807, 2.05) is 6.92 Å². The van der Waals surface area contributed by atoms with Crippen LogP contribution >= 0.6 is 15.9 Å². The number of ether oxygens (including phenoxy) is 1. The number of carbonyl (C=O) groups is 1. The average molecular weight is 427 g/mol. The molecule has 3 N–H and O–H groups in total. The molecular weight excluding hydrogens is 408 g/mol. The Morgan fingerprint density at radius 3 is 2.36 bits per heavy atom. The molecule has 2 aromatic rings. The molecule has 134 valence electrons. The van der Waals surface area contributed by atoms with E-state index in [-0.39, 0.29) is 11.3 Å². The lowest BCUT2D eigenvalue weighted by atomic mass is 10.1. The smallest absolute Gasteiger partial charge is 0.264 e. The fourth-order valence-corrected chi connectivity index (χ4v) is 3.80. The number of hydrogen-bond acceptors (Lipinski definition) is 5. The van der Waals surface area contributed by atoms with Gasteiger partial charge in [-0.15, -0.1) is 0 Å². The summed E-state index contributed by atoms with van der Waals surface area (Å²) in [6.45, 7) is 2.70. The molecule has 0 aliphatic heterocycles. The second-order valence-corrected chi connectivity index (χ2v) is 7.79. The fraction of sp³-hybridized carbons (Fsp3) is 0.235. The van der Waals surface area contributed by atoms with Crippen molar-refractivity contribution in [1.29, 1.82) is 0 Å². The maximum absolute atomic E-state index is 12.3. The van der Waals surface area contributed by atoms with E-state index in [2.05, 4.69) is 20.7 Å². The van der Waals surface area contributed by atoms with Gasteiger partial charge in [0.2, 0.25) is 5.91 Å². The minimum atomic E-state index is -3.95. The highest BCUT2D eigenvalue weighted by atomic mass is 79.9. The third-order valence-electron chi connectivity index (χ3n) is 3.39. The third kappa shape index (κ3) is 5.29. The van der Waals surface area contributed by atoms with Gasteiger partial charge in [0.15, 0.2) is 0 Å². The molecule has 0 aliphatic carbocycles. The normalized spacial score (nSPS) is 11.2. The molecule has 8 heteroatoms. The lowest BCUT2D eigenvalue weighted by Crippen LogP contribution is -2.31. The SMILES string of the molecule is CCOc1ccc(S(=O)(=O)NC(=O)Cc2ccc(CN)cc2)cc1Br. The molecule has 0 fully saturated rings. The van der Waals surface area contributed by atoms with Gasteiger partial charge in [0.1, 0.15) is 5.75 Å². The molecule has 0 bridgehead atoms. The largest absolute Gasteiger partial charge is 0.493 e. The van der Waals surface area contributed by atoms with Gasteiger partial charge in [-0.25, -0.2) is 13.1 Å².